The van der Waals surface area contributed by atoms with E-state index in [1.807, 2.05) is 0 Å². The van der Waals surface area contributed by atoms with Crippen molar-refractivity contribution in [3.63, 3.8) is 0 Å². The van der Waals surface area contributed by atoms with E-state index in [9.17, 15) is 0 Å². The van der Waals surface area contributed by atoms with Gasteiger partial charge in [0.2, 0.25) is 0 Å². The SMILES string of the molecule is CCNC(=NCC(C(C)C)N1CCCCCC1)NCC1CCCN(C)C1.I. The topological polar surface area (TPSA) is 42.9 Å². The first-order chi connectivity index (χ1) is 12.6. The molecule has 0 bridgehead atoms. The highest BCUT2D eigenvalue weighted by Crippen LogP contribution is 2.18. The maximum absolute atomic E-state index is 4.98. The Morgan fingerprint density at radius 1 is 1.04 bits per heavy atom. The largest absolute Gasteiger partial charge is 0.357 e. The van der Waals surface area contributed by atoms with E-state index in [0.717, 1.165) is 31.5 Å². The quantitative estimate of drug-likeness (QED) is 0.324. The summed E-state index contributed by atoms with van der Waals surface area (Å²) in [6.07, 6.45) is 8.14. The third-order valence-electron chi connectivity index (χ3n) is 5.94. The summed E-state index contributed by atoms with van der Waals surface area (Å²) in [7, 11) is 2.24. The van der Waals surface area contributed by atoms with Crippen LogP contribution < -0.4 is 10.6 Å². The van der Waals surface area contributed by atoms with Gasteiger partial charge in [0.25, 0.3) is 0 Å². The van der Waals surface area contributed by atoms with E-state index in [2.05, 4.69) is 48.3 Å². The third-order valence-corrected chi connectivity index (χ3v) is 5.94. The van der Waals surface area contributed by atoms with Crippen LogP contribution in [0.15, 0.2) is 4.99 Å². The molecule has 2 atom stereocenters. The van der Waals surface area contributed by atoms with E-state index in [1.165, 1.54) is 64.7 Å². The molecule has 0 aromatic heterocycles. The van der Waals surface area contributed by atoms with Crippen molar-refractivity contribution >= 4 is 29.9 Å². The first-order valence-electron chi connectivity index (χ1n) is 11.0. The molecule has 0 aromatic rings. The molecule has 0 aromatic carbocycles. The molecule has 2 rings (SSSR count). The summed E-state index contributed by atoms with van der Waals surface area (Å²) in [5.74, 6) is 2.39. The number of halogens is 1. The van der Waals surface area contributed by atoms with Crippen LogP contribution in [0.5, 0.6) is 0 Å². The zero-order chi connectivity index (χ0) is 18.8. The fourth-order valence-corrected chi connectivity index (χ4v) is 4.38. The Balaban J connectivity index is 0.00000364. The molecule has 0 amide bonds. The van der Waals surface area contributed by atoms with Gasteiger partial charge < -0.3 is 15.5 Å². The highest BCUT2D eigenvalue weighted by atomic mass is 127. The number of aliphatic imine (C=N–C) groups is 1. The molecule has 2 N–H and O–H groups in total. The van der Waals surface area contributed by atoms with Gasteiger partial charge in [-0.15, -0.1) is 24.0 Å². The molecule has 0 saturated carbocycles. The number of likely N-dealkylation sites (tertiary alicyclic amines) is 2. The zero-order valence-electron chi connectivity index (χ0n) is 18.2. The van der Waals surface area contributed by atoms with Crippen LogP contribution in [0, 0.1) is 11.8 Å². The van der Waals surface area contributed by atoms with Gasteiger partial charge in [0, 0.05) is 25.7 Å². The minimum atomic E-state index is 0. The van der Waals surface area contributed by atoms with Gasteiger partial charge in [-0.05, 0) is 71.1 Å². The second-order valence-corrected chi connectivity index (χ2v) is 8.63. The standard InChI is InChI=1S/C21H43N5.HI/c1-5-22-21(23-15-19-11-10-12-25(4)17-19)24-16-20(18(2)3)26-13-8-6-7-9-14-26;/h18-20H,5-17H2,1-4H3,(H2,22,23,24);1H. The predicted molar refractivity (Wildman–Crippen MR) is 128 cm³/mol. The second-order valence-electron chi connectivity index (χ2n) is 8.63. The highest BCUT2D eigenvalue weighted by molar-refractivity contribution is 14.0. The first kappa shape index (κ1) is 25.0. The summed E-state index contributed by atoms with van der Waals surface area (Å²) < 4.78 is 0. The Morgan fingerprint density at radius 3 is 2.33 bits per heavy atom. The number of rotatable bonds is 7. The number of hydrogen-bond donors (Lipinski definition) is 2. The molecule has 0 aliphatic carbocycles. The van der Waals surface area contributed by atoms with E-state index in [1.54, 1.807) is 0 Å². The number of piperidine rings is 1. The maximum Gasteiger partial charge on any atom is 0.191 e. The Labute approximate surface area is 185 Å². The normalized spacial score (nSPS) is 24.2. The second kappa shape index (κ2) is 14.0. The van der Waals surface area contributed by atoms with Crippen molar-refractivity contribution < 1.29 is 0 Å². The molecule has 160 valence electrons. The van der Waals surface area contributed by atoms with E-state index in [0.29, 0.717) is 12.0 Å². The predicted octanol–water partition coefficient (Wildman–Crippen LogP) is 3.40. The van der Waals surface area contributed by atoms with Crippen LogP contribution in [0.3, 0.4) is 0 Å². The van der Waals surface area contributed by atoms with Crippen molar-refractivity contribution in [3.8, 4) is 0 Å². The van der Waals surface area contributed by atoms with Gasteiger partial charge in [-0.3, -0.25) is 9.89 Å². The zero-order valence-corrected chi connectivity index (χ0v) is 20.5. The Morgan fingerprint density at radius 2 is 1.74 bits per heavy atom. The number of guanidine groups is 1. The van der Waals surface area contributed by atoms with Gasteiger partial charge in [-0.2, -0.15) is 0 Å². The van der Waals surface area contributed by atoms with Gasteiger partial charge in [-0.25, -0.2) is 0 Å². The van der Waals surface area contributed by atoms with Gasteiger partial charge in [0.15, 0.2) is 5.96 Å². The summed E-state index contributed by atoms with van der Waals surface area (Å²) >= 11 is 0. The molecule has 5 nitrogen and oxygen atoms in total. The van der Waals surface area contributed by atoms with Crippen LogP contribution in [0.2, 0.25) is 0 Å². The highest BCUT2D eigenvalue weighted by Gasteiger charge is 2.23. The minimum Gasteiger partial charge on any atom is -0.357 e. The molecule has 2 aliphatic rings. The summed E-state index contributed by atoms with van der Waals surface area (Å²) in [6, 6.07) is 0.560. The molecule has 2 fully saturated rings. The van der Waals surface area contributed by atoms with Crippen molar-refractivity contribution in [1.82, 2.24) is 20.4 Å². The Kier molecular flexibility index (Phi) is 12.9. The average Bonchev–Trinajstić information content (AvgIpc) is 2.89. The molecule has 2 saturated heterocycles. The smallest absolute Gasteiger partial charge is 0.191 e. The van der Waals surface area contributed by atoms with Crippen molar-refractivity contribution in [2.45, 2.75) is 65.3 Å². The lowest BCUT2D eigenvalue weighted by Crippen LogP contribution is -2.45. The molecule has 0 spiro atoms. The monoisotopic (exact) mass is 493 g/mol. The summed E-state index contributed by atoms with van der Waals surface area (Å²) in [5, 5.41) is 7.06. The summed E-state index contributed by atoms with van der Waals surface area (Å²) in [5.41, 5.74) is 0. The van der Waals surface area contributed by atoms with Crippen molar-refractivity contribution in [3.05, 3.63) is 0 Å². The molecule has 2 aliphatic heterocycles. The molecule has 0 radical (unpaired) electrons. The first-order valence-corrected chi connectivity index (χ1v) is 11.0. The van der Waals surface area contributed by atoms with Gasteiger partial charge in [0.05, 0.1) is 6.54 Å². The van der Waals surface area contributed by atoms with Crippen LogP contribution >= 0.6 is 24.0 Å². The van der Waals surface area contributed by atoms with Crippen molar-refractivity contribution in [2.24, 2.45) is 16.8 Å². The van der Waals surface area contributed by atoms with E-state index in [-0.39, 0.29) is 24.0 Å². The van der Waals surface area contributed by atoms with E-state index < -0.39 is 0 Å². The maximum atomic E-state index is 4.98. The van der Waals surface area contributed by atoms with Crippen LogP contribution in [0.4, 0.5) is 0 Å². The third kappa shape index (κ3) is 9.31. The summed E-state index contributed by atoms with van der Waals surface area (Å²) in [4.78, 5) is 10.1. The lowest BCUT2D eigenvalue weighted by molar-refractivity contribution is 0.166. The Hall–Kier alpha value is -0.0800. The fourth-order valence-electron chi connectivity index (χ4n) is 4.38. The van der Waals surface area contributed by atoms with Gasteiger partial charge in [0.1, 0.15) is 0 Å². The lowest BCUT2D eigenvalue weighted by atomic mass is 9.98. The molecule has 2 heterocycles. The van der Waals surface area contributed by atoms with Crippen LogP contribution in [-0.4, -0.2) is 74.7 Å². The van der Waals surface area contributed by atoms with Gasteiger partial charge in [-0.1, -0.05) is 26.7 Å². The molecule has 2 unspecified atom stereocenters. The van der Waals surface area contributed by atoms with Crippen molar-refractivity contribution in [1.29, 1.82) is 0 Å². The number of nitrogens with one attached hydrogen (secondary N) is 2. The van der Waals surface area contributed by atoms with Crippen LogP contribution in [-0.2, 0) is 0 Å². The molecule has 27 heavy (non-hydrogen) atoms. The average molecular weight is 494 g/mol. The summed E-state index contributed by atoms with van der Waals surface area (Å²) in [6.45, 7) is 14.7. The minimum absolute atomic E-state index is 0. The Bertz CT molecular complexity index is 407. The van der Waals surface area contributed by atoms with E-state index >= 15 is 0 Å². The molecular weight excluding hydrogens is 449 g/mol. The van der Waals surface area contributed by atoms with Crippen LogP contribution in [0.25, 0.3) is 0 Å². The number of hydrogen-bond acceptors (Lipinski definition) is 3. The van der Waals surface area contributed by atoms with Gasteiger partial charge >= 0.3 is 0 Å². The lowest BCUT2D eigenvalue weighted by Gasteiger charge is -2.33. The number of nitrogens with zero attached hydrogens (tertiary/aromatic N) is 3. The molecular formula is C21H44IN5. The molecule has 6 heteroatoms. The fraction of sp³-hybridized carbons (Fsp3) is 0.952. The van der Waals surface area contributed by atoms with Crippen LogP contribution in [0.1, 0.15) is 59.3 Å². The van der Waals surface area contributed by atoms with E-state index in [4.69, 9.17) is 4.99 Å². The van der Waals surface area contributed by atoms with Crippen molar-refractivity contribution in [2.75, 3.05) is 52.9 Å².